The van der Waals surface area contributed by atoms with Gasteiger partial charge in [0.05, 0.1) is 12.5 Å². The maximum absolute atomic E-state index is 12.6. The highest BCUT2D eigenvalue weighted by atomic mass is 16.5. The van der Waals surface area contributed by atoms with Gasteiger partial charge in [0.25, 0.3) is 0 Å². The van der Waals surface area contributed by atoms with Crippen molar-refractivity contribution in [3.8, 4) is 11.4 Å². The SMILES string of the molecule is CC(C)(C)c1ccc(-c2noc(CN3CCCC(C(=O)NCCN4CCCC4=O)C3)n2)cc1. The Morgan fingerprint density at radius 1 is 1.18 bits per heavy atom. The van der Waals surface area contributed by atoms with E-state index < -0.39 is 0 Å². The largest absolute Gasteiger partial charge is 0.354 e. The average molecular weight is 454 g/mol. The zero-order chi connectivity index (χ0) is 23.4. The predicted molar refractivity (Wildman–Crippen MR) is 125 cm³/mol. The Morgan fingerprint density at radius 3 is 2.67 bits per heavy atom. The van der Waals surface area contributed by atoms with Crippen LogP contribution in [0, 0.1) is 5.92 Å². The van der Waals surface area contributed by atoms with Gasteiger partial charge in [0, 0.05) is 38.2 Å². The molecule has 2 saturated heterocycles. The summed E-state index contributed by atoms with van der Waals surface area (Å²) in [5.74, 6) is 1.36. The lowest BCUT2D eigenvalue weighted by atomic mass is 9.87. The number of aromatic nitrogens is 2. The van der Waals surface area contributed by atoms with Crippen LogP contribution in [-0.2, 0) is 21.5 Å². The van der Waals surface area contributed by atoms with Gasteiger partial charge in [0.2, 0.25) is 23.5 Å². The van der Waals surface area contributed by atoms with Crippen molar-refractivity contribution in [3.63, 3.8) is 0 Å². The maximum atomic E-state index is 12.6. The van der Waals surface area contributed by atoms with Gasteiger partial charge in [-0.05, 0) is 36.8 Å². The molecule has 2 amide bonds. The van der Waals surface area contributed by atoms with E-state index in [1.807, 2.05) is 17.0 Å². The second kappa shape index (κ2) is 10.0. The van der Waals surface area contributed by atoms with E-state index in [1.54, 1.807) is 0 Å². The summed E-state index contributed by atoms with van der Waals surface area (Å²) >= 11 is 0. The number of amides is 2. The predicted octanol–water partition coefficient (Wildman–Crippen LogP) is 2.98. The smallest absolute Gasteiger partial charge is 0.241 e. The third kappa shape index (κ3) is 5.99. The highest BCUT2D eigenvalue weighted by Crippen LogP contribution is 2.25. The van der Waals surface area contributed by atoms with Crippen LogP contribution in [0.5, 0.6) is 0 Å². The first-order valence-corrected chi connectivity index (χ1v) is 12.0. The van der Waals surface area contributed by atoms with Gasteiger partial charge >= 0.3 is 0 Å². The number of rotatable bonds is 7. The molecular formula is C25H35N5O3. The minimum atomic E-state index is -0.0552. The van der Waals surface area contributed by atoms with Crippen molar-refractivity contribution in [3.05, 3.63) is 35.7 Å². The number of carbonyl (C=O) groups excluding carboxylic acids is 2. The number of piperidine rings is 1. The number of benzene rings is 1. The minimum absolute atomic E-state index is 0.0552. The monoisotopic (exact) mass is 453 g/mol. The normalized spacial score (nSPS) is 19.8. The highest BCUT2D eigenvalue weighted by molar-refractivity contribution is 5.79. The van der Waals surface area contributed by atoms with Gasteiger partial charge in [-0.1, -0.05) is 50.2 Å². The van der Waals surface area contributed by atoms with Crippen molar-refractivity contribution in [1.29, 1.82) is 0 Å². The van der Waals surface area contributed by atoms with Gasteiger partial charge in [0.1, 0.15) is 0 Å². The highest BCUT2D eigenvalue weighted by Gasteiger charge is 2.27. The van der Waals surface area contributed by atoms with Crippen LogP contribution in [0.2, 0.25) is 0 Å². The Bertz CT molecular complexity index is 963. The van der Waals surface area contributed by atoms with E-state index in [4.69, 9.17) is 4.52 Å². The first kappa shape index (κ1) is 23.4. The summed E-state index contributed by atoms with van der Waals surface area (Å²) in [6.45, 7) is 10.6. The maximum Gasteiger partial charge on any atom is 0.241 e. The van der Waals surface area contributed by atoms with E-state index in [2.05, 4.69) is 53.3 Å². The molecule has 1 aromatic carbocycles. The molecule has 8 heteroatoms. The van der Waals surface area contributed by atoms with Gasteiger partial charge in [-0.25, -0.2) is 0 Å². The fourth-order valence-electron chi connectivity index (χ4n) is 4.56. The molecule has 33 heavy (non-hydrogen) atoms. The second-order valence-electron chi connectivity index (χ2n) is 10.2. The average Bonchev–Trinajstić information content (AvgIpc) is 3.42. The first-order valence-electron chi connectivity index (χ1n) is 12.0. The molecule has 0 saturated carbocycles. The topological polar surface area (TPSA) is 91.6 Å². The van der Waals surface area contributed by atoms with Crippen molar-refractivity contribution >= 4 is 11.8 Å². The van der Waals surface area contributed by atoms with Crippen molar-refractivity contribution in [1.82, 2.24) is 25.3 Å². The molecule has 2 aromatic rings. The molecule has 0 radical (unpaired) electrons. The van der Waals surface area contributed by atoms with Crippen LogP contribution in [0.4, 0.5) is 0 Å². The number of hydrogen-bond acceptors (Lipinski definition) is 6. The molecule has 2 fully saturated rings. The van der Waals surface area contributed by atoms with Gasteiger partial charge in [-0.15, -0.1) is 0 Å². The van der Waals surface area contributed by atoms with E-state index in [0.717, 1.165) is 37.9 Å². The molecule has 3 heterocycles. The van der Waals surface area contributed by atoms with E-state index in [-0.39, 0.29) is 23.1 Å². The lowest BCUT2D eigenvalue weighted by Crippen LogP contribution is -2.44. The third-order valence-electron chi connectivity index (χ3n) is 6.56. The van der Waals surface area contributed by atoms with Gasteiger partial charge in [-0.2, -0.15) is 4.98 Å². The summed E-state index contributed by atoms with van der Waals surface area (Å²) in [7, 11) is 0. The standard InChI is InChI=1S/C25H35N5O3/c1-25(2,3)20-10-8-18(9-11-20)23-27-21(33-28-23)17-29-13-4-6-19(16-29)24(32)26-12-15-30-14-5-7-22(30)31/h8-11,19H,4-7,12-17H2,1-3H3,(H,26,32). The molecule has 0 bridgehead atoms. The summed E-state index contributed by atoms with van der Waals surface area (Å²) in [5.41, 5.74) is 2.30. The third-order valence-corrected chi connectivity index (χ3v) is 6.56. The van der Waals surface area contributed by atoms with Crippen LogP contribution in [0.3, 0.4) is 0 Å². The lowest BCUT2D eigenvalue weighted by Gasteiger charge is -2.31. The molecule has 1 aromatic heterocycles. The van der Waals surface area contributed by atoms with Crippen LogP contribution in [0.1, 0.15) is 57.9 Å². The summed E-state index contributed by atoms with van der Waals surface area (Å²) in [5, 5.41) is 7.17. The quantitative estimate of drug-likeness (QED) is 0.693. The molecule has 0 aliphatic carbocycles. The van der Waals surface area contributed by atoms with E-state index in [1.165, 1.54) is 5.56 Å². The van der Waals surface area contributed by atoms with Crippen molar-refractivity contribution in [2.24, 2.45) is 5.92 Å². The lowest BCUT2D eigenvalue weighted by molar-refractivity contribution is -0.129. The molecule has 1 N–H and O–H groups in total. The van der Waals surface area contributed by atoms with E-state index in [0.29, 0.717) is 44.3 Å². The molecule has 2 aliphatic heterocycles. The molecule has 8 nitrogen and oxygen atoms in total. The van der Waals surface area contributed by atoms with Crippen molar-refractivity contribution in [2.45, 2.75) is 58.4 Å². The fourth-order valence-corrected chi connectivity index (χ4v) is 4.56. The van der Waals surface area contributed by atoms with Crippen LogP contribution >= 0.6 is 0 Å². The van der Waals surface area contributed by atoms with Crippen LogP contribution in [0.15, 0.2) is 28.8 Å². The van der Waals surface area contributed by atoms with Crippen molar-refractivity contribution in [2.75, 3.05) is 32.7 Å². The van der Waals surface area contributed by atoms with Crippen LogP contribution in [-0.4, -0.2) is 64.5 Å². The molecule has 0 spiro atoms. The zero-order valence-electron chi connectivity index (χ0n) is 20.0. The fraction of sp³-hybridized carbons (Fsp3) is 0.600. The summed E-state index contributed by atoms with van der Waals surface area (Å²) in [6.07, 6.45) is 3.38. The summed E-state index contributed by atoms with van der Waals surface area (Å²) in [4.78, 5) is 33.0. The first-order chi connectivity index (χ1) is 15.8. The van der Waals surface area contributed by atoms with Gasteiger partial charge in [-0.3, -0.25) is 14.5 Å². The molecule has 178 valence electrons. The molecule has 1 atom stereocenters. The molecular weight excluding hydrogens is 418 g/mol. The number of likely N-dealkylation sites (tertiary alicyclic amines) is 2. The summed E-state index contributed by atoms with van der Waals surface area (Å²) in [6, 6.07) is 8.29. The van der Waals surface area contributed by atoms with Crippen molar-refractivity contribution < 1.29 is 14.1 Å². The Kier molecular flexibility index (Phi) is 7.12. The number of nitrogens with one attached hydrogen (secondary N) is 1. The number of carbonyl (C=O) groups is 2. The number of nitrogens with zero attached hydrogens (tertiary/aromatic N) is 4. The minimum Gasteiger partial charge on any atom is -0.354 e. The Morgan fingerprint density at radius 2 is 1.97 bits per heavy atom. The van der Waals surface area contributed by atoms with E-state index in [9.17, 15) is 9.59 Å². The number of hydrogen-bond donors (Lipinski definition) is 1. The summed E-state index contributed by atoms with van der Waals surface area (Å²) < 4.78 is 5.51. The Balaban J connectivity index is 1.27. The second-order valence-corrected chi connectivity index (χ2v) is 10.2. The Labute approximate surface area is 195 Å². The molecule has 4 rings (SSSR count). The molecule has 2 aliphatic rings. The van der Waals surface area contributed by atoms with Gasteiger partial charge in [0.15, 0.2) is 0 Å². The van der Waals surface area contributed by atoms with Crippen LogP contribution in [0.25, 0.3) is 11.4 Å². The van der Waals surface area contributed by atoms with E-state index >= 15 is 0 Å². The van der Waals surface area contributed by atoms with Gasteiger partial charge < -0.3 is 14.7 Å². The van der Waals surface area contributed by atoms with Crippen LogP contribution < -0.4 is 5.32 Å². The molecule has 1 unspecified atom stereocenters. The zero-order valence-corrected chi connectivity index (χ0v) is 20.0. The Hall–Kier alpha value is -2.74.